The predicted molar refractivity (Wildman–Crippen MR) is 66.7 cm³/mol. The summed E-state index contributed by atoms with van der Waals surface area (Å²) in [6.45, 7) is 1.99. The Morgan fingerprint density at radius 2 is 1.59 bits per heavy atom. The van der Waals surface area contributed by atoms with E-state index in [0.717, 1.165) is 11.1 Å². The third kappa shape index (κ3) is 2.35. The van der Waals surface area contributed by atoms with Gasteiger partial charge >= 0.3 is 0 Å². The highest BCUT2D eigenvalue weighted by Gasteiger charge is 2.17. The molecule has 0 saturated carbocycles. The zero-order valence-electron chi connectivity index (χ0n) is 9.65. The Morgan fingerprint density at radius 3 is 2.18 bits per heavy atom. The number of halogens is 1. The summed E-state index contributed by atoms with van der Waals surface area (Å²) in [5.41, 5.74) is 5.30. The second-order valence-electron chi connectivity index (χ2n) is 3.98. The lowest BCUT2D eigenvalue weighted by Gasteiger charge is -2.19. The van der Waals surface area contributed by atoms with Crippen molar-refractivity contribution in [3.8, 4) is 0 Å². The molecule has 0 radical (unpaired) electrons. The molecule has 0 saturated heterocycles. The molecule has 1 unspecified atom stereocenters. The number of hydrazine groups is 1. The second kappa shape index (κ2) is 5.08. The first kappa shape index (κ1) is 11.8. The zero-order chi connectivity index (χ0) is 12.3. The monoisotopic (exact) mass is 230 g/mol. The van der Waals surface area contributed by atoms with Crippen molar-refractivity contribution in [1.82, 2.24) is 5.43 Å². The highest BCUT2D eigenvalue weighted by Crippen LogP contribution is 2.25. The van der Waals surface area contributed by atoms with Crippen molar-refractivity contribution in [3.63, 3.8) is 0 Å². The van der Waals surface area contributed by atoms with Crippen molar-refractivity contribution >= 4 is 0 Å². The topological polar surface area (TPSA) is 38.0 Å². The lowest BCUT2D eigenvalue weighted by Crippen LogP contribution is -2.30. The molecule has 2 aromatic rings. The summed E-state index contributed by atoms with van der Waals surface area (Å²) in [7, 11) is 0. The van der Waals surface area contributed by atoms with Crippen LogP contribution in [0.15, 0.2) is 48.5 Å². The molecule has 3 heteroatoms. The summed E-state index contributed by atoms with van der Waals surface area (Å²) in [5.74, 6) is 5.31. The van der Waals surface area contributed by atoms with Gasteiger partial charge in [0.1, 0.15) is 5.82 Å². The molecule has 0 aliphatic heterocycles. The molecule has 3 N–H and O–H groups in total. The van der Waals surface area contributed by atoms with Crippen molar-refractivity contribution in [2.24, 2.45) is 5.84 Å². The van der Waals surface area contributed by atoms with Crippen LogP contribution in [0.4, 0.5) is 4.39 Å². The standard InChI is InChI=1S/C14H15FN2/c1-10-6-2-3-7-11(10)14(17-16)12-8-4-5-9-13(12)15/h2-9,14,17H,16H2,1H3. The zero-order valence-corrected chi connectivity index (χ0v) is 9.65. The molecule has 88 valence electrons. The van der Waals surface area contributed by atoms with Crippen LogP contribution in [-0.4, -0.2) is 0 Å². The van der Waals surface area contributed by atoms with Crippen molar-refractivity contribution in [2.45, 2.75) is 13.0 Å². The first-order chi connectivity index (χ1) is 8.24. The smallest absolute Gasteiger partial charge is 0.128 e. The van der Waals surface area contributed by atoms with E-state index in [1.165, 1.54) is 6.07 Å². The SMILES string of the molecule is Cc1ccccc1C(NN)c1ccccc1F. The third-order valence-electron chi connectivity index (χ3n) is 2.88. The molecular formula is C14H15FN2. The quantitative estimate of drug-likeness (QED) is 0.628. The van der Waals surface area contributed by atoms with Crippen LogP contribution in [0.3, 0.4) is 0 Å². The summed E-state index contributed by atoms with van der Waals surface area (Å²) in [5, 5.41) is 0. The molecule has 2 nitrogen and oxygen atoms in total. The minimum absolute atomic E-state index is 0.251. The van der Waals surface area contributed by atoms with Gasteiger partial charge in [0, 0.05) is 5.56 Å². The van der Waals surface area contributed by atoms with E-state index in [9.17, 15) is 4.39 Å². The van der Waals surface area contributed by atoms with Crippen molar-refractivity contribution in [2.75, 3.05) is 0 Å². The van der Waals surface area contributed by atoms with Crippen LogP contribution in [0.5, 0.6) is 0 Å². The predicted octanol–water partition coefficient (Wildman–Crippen LogP) is 2.69. The van der Waals surface area contributed by atoms with Crippen molar-refractivity contribution in [1.29, 1.82) is 0 Å². The number of benzene rings is 2. The fourth-order valence-electron chi connectivity index (χ4n) is 1.97. The van der Waals surface area contributed by atoms with Crippen LogP contribution in [0.2, 0.25) is 0 Å². The van der Waals surface area contributed by atoms with Gasteiger partial charge in [-0.3, -0.25) is 5.84 Å². The van der Waals surface area contributed by atoms with Crippen LogP contribution in [0.25, 0.3) is 0 Å². The molecule has 0 aliphatic carbocycles. The number of rotatable bonds is 3. The minimum Gasteiger partial charge on any atom is -0.271 e. The highest BCUT2D eigenvalue weighted by molar-refractivity contribution is 5.37. The Kier molecular flexibility index (Phi) is 3.52. The number of aryl methyl sites for hydroxylation is 1. The fourth-order valence-corrected chi connectivity index (χ4v) is 1.97. The molecule has 0 fully saturated rings. The van der Waals surface area contributed by atoms with Crippen LogP contribution < -0.4 is 11.3 Å². The van der Waals surface area contributed by atoms with E-state index in [-0.39, 0.29) is 11.9 Å². The van der Waals surface area contributed by atoms with Crippen LogP contribution in [0, 0.1) is 12.7 Å². The van der Waals surface area contributed by atoms with Gasteiger partial charge < -0.3 is 0 Å². The fraction of sp³-hybridized carbons (Fsp3) is 0.143. The van der Waals surface area contributed by atoms with Crippen LogP contribution in [0.1, 0.15) is 22.7 Å². The summed E-state index contributed by atoms with van der Waals surface area (Å²) in [4.78, 5) is 0. The lowest BCUT2D eigenvalue weighted by atomic mass is 9.95. The van der Waals surface area contributed by atoms with Gasteiger partial charge in [0.2, 0.25) is 0 Å². The number of nitrogens with one attached hydrogen (secondary N) is 1. The van der Waals surface area contributed by atoms with E-state index < -0.39 is 0 Å². The maximum atomic E-state index is 13.7. The summed E-state index contributed by atoms with van der Waals surface area (Å²) in [6.07, 6.45) is 0. The molecule has 1 atom stereocenters. The lowest BCUT2D eigenvalue weighted by molar-refractivity contribution is 0.559. The van der Waals surface area contributed by atoms with Gasteiger partial charge in [0.25, 0.3) is 0 Å². The van der Waals surface area contributed by atoms with E-state index in [1.807, 2.05) is 31.2 Å². The number of hydrogen-bond acceptors (Lipinski definition) is 2. The molecule has 0 heterocycles. The first-order valence-corrected chi connectivity index (χ1v) is 5.50. The van der Waals surface area contributed by atoms with Crippen LogP contribution in [-0.2, 0) is 0 Å². The summed E-state index contributed by atoms with van der Waals surface area (Å²) < 4.78 is 13.7. The minimum atomic E-state index is -0.322. The molecule has 0 spiro atoms. The molecule has 0 bridgehead atoms. The van der Waals surface area contributed by atoms with Crippen molar-refractivity contribution in [3.05, 3.63) is 71.0 Å². The number of hydrogen-bond donors (Lipinski definition) is 2. The molecule has 2 aromatic carbocycles. The van der Waals surface area contributed by atoms with Gasteiger partial charge in [-0.1, -0.05) is 42.5 Å². The van der Waals surface area contributed by atoms with Gasteiger partial charge in [-0.15, -0.1) is 0 Å². The number of nitrogens with two attached hydrogens (primary N) is 1. The van der Waals surface area contributed by atoms with Gasteiger partial charge in [-0.2, -0.15) is 0 Å². The van der Waals surface area contributed by atoms with E-state index in [2.05, 4.69) is 5.43 Å². The maximum absolute atomic E-state index is 13.7. The maximum Gasteiger partial charge on any atom is 0.128 e. The van der Waals surface area contributed by atoms with Gasteiger partial charge in [0.15, 0.2) is 0 Å². The Hall–Kier alpha value is -1.71. The molecule has 0 aliphatic rings. The summed E-state index contributed by atoms with van der Waals surface area (Å²) in [6, 6.07) is 14.2. The Bertz CT molecular complexity index is 466. The van der Waals surface area contributed by atoms with Crippen molar-refractivity contribution < 1.29 is 4.39 Å². The van der Waals surface area contributed by atoms with E-state index in [0.29, 0.717) is 5.56 Å². The molecule has 0 amide bonds. The van der Waals surface area contributed by atoms with E-state index >= 15 is 0 Å². The average Bonchev–Trinajstić information content (AvgIpc) is 2.34. The first-order valence-electron chi connectivity index (χ1n) is 5.50. The largest absolute Gasteiger partial charge is 0.271 e. The van der Waals surface area contributed by atoms with Gasteiger partial charge in [-0.25, -0.2) is 9.82 Å². The summed E-state index contributed by atoms with van der Waals surface area (Å²) >= 11 is 0. The van der Waals surface area contributed by atoms with Gasteiger partial charge in [-0.05, 0) is 24.1 Å². The molecule has 0 aromatic heterocycles. The Morgan fingerprint density at radius 1 is 1.00 bits per heavy atom. The Balaban J connectivity index is 2.48. The van der Waals surface area contributed by atoms with E-state index in [1.54, 1.807) is 18.2 Å². The second-order valence-corrected chi connectivity index (χ2v) is 3.98. The van der Waals surface area contributed by atoms with E-state index in [4.69, 9.17) is 5.84 Å². The normalized spacial score (nSPS) is 12.4. The molecular weight excluding hydrogens is 215 g/mol. The van der Waals surface area contributed by atoms with Gasteiger partial charge in [0.05, 0.1) is 6.04 Å². The molecule has 2 rings (SSSR count). The highest BCUT2D eigenvalue weighted by atomic mass is 19.1. The molecule has 17 heavy (non-hydrogen) atoms. The third-order valence-corrected chi connectivity index (χ3v) is 2.88. The average molecular weight is 230 g/mol. The Labute approximate surface area is 100 Å². The van der Waals surface area contributed by atoms with Crippen LogP contribution >= 0.6 is 0 Å².